The van der Waals surface area contributed by atoms with Crippen molar-refractivity contribution in [3.8, 4) is 11.3 Å². The predicted molar refractivity (Wildman–Crippen MR) is 140 cm³/mol. The number of aliphatic carboxylic acids is 1. The van der Waals surface area contributed by atoms with E-state index in [1.165, 1.54) is 11.3 Å². The lowest BCUT2D eigenvalue weighted by Crippen LogP contribution is -2.59. The number of carboxylic acids is 1. The lowest BCUT2D eigenvalue weighted by atomic mass is 9.68. The molecule has 1 saturated carbocycles. The Hall–Kier alpha value is -2.49. The molecular formula is C26H33ClN4O4S. The number of benzene rings is 1. The molecular weight excluding hydrogens is 500 g/mol. The smallest absolute Gasteiger partial charge is 0.311 e. The van der Waals surface area contributed by atoms with Gasteiger partial charge in [0.1, 0.15) is 6.04 Å². The van der Waals surface area contributed by atoms with Crippen LogP contribution < -0.4 is 10.6 Å². The van der Waals surface area contributed by atoms with E-state index < -0.39 is 29.4 Å². The van der Waals surface area contributed by atoms with Crippen molar-refractivity contribution in [3.05, 3.63) is 39.7 Å². The molecule has 0 radical (unpaired) electrons. The number of likely N-dealkylation sites (tertiary alicyclic amines) is 1. The van der Waals surface area contributed by atoms with E-state index in [0.717, 1.165) is 12.0 Å². The molecule has 2 amide bonds. The van der Waals surface area contributed by atoms with Crippen LogP contribution in [0.2, 0.25) is 5.02 Å². The van der Waals surface area contributed by atoms with Crippen LogP contribution in [0.4, 0.5) is 0 Å². The number of carboxylic acid groups (broad SMARTS) is 1. The number of hydrogen-bond acceptors (Lipinski definition) is 6. The molecule has 1 aromatic carbocycles. The highest BCUT2D eigenvalue weighted by atomic mass is 35.5. The van der Waals surface area contributed by atoms with Gasteiger partial charge in [0, 0.05) is 40.1 Å². The summed E-state index contributed by atoms with van der Waals surface area (Å²) in [7, 11) is 0. The van der Waals surface area contributed by atoms with Crippen molar-refractivity contribution in [2.75, 3.05) is 6.54 Å². The molecule has 2 aliphatic rings. The summed E-state index contributed by atoms with van der Waals surface area (Å²) in [4.78, 5) is 44.7. The highest BCUT2D eigenvalue weighted by Crippen LogP contribution is 2.41. The van der Waals surface area contributed by atoms with Crippen molar-refractivity contribution >= 4 is 40.7 Å². The van der Waals surface area contributed by atoms with Crippen LogP contribution in [0.1, 0.15) is 63.2 Å². The number of carbonyl (C=O) groups is 3. The molecule has 36 heavy (non-hydrogen) atoms. The first-order chi connectivity index (χ1) is 16.9. The number of nitrogens with one attached hydrogen (secondary N) is 2. The molecule has 194 valence electrons. The maximum atomic E-state index is 13.3. The first-order valence-electron chi connectivity index (χ1n) is 12.2. The van der Waals surface area contributed by atoms with Gasteiger partial charge in [-0.3, -0.25) is 14.4 Å². The monoisotopic (exact) mass is 532 g/mol. The lowest BCUT2D eigenvalue weighted by molar-refractivity contribution is -0.158. The SMILES string of the molecule is CC(C)(C)NC1CCC(N2CC[C@H](NC(=O)c3nc(-c4ccc(Cl)cc4)cs3)C2=O)C(C)(C(=O)O)C1. The number of halogens is 1. The first-order valence-corrected chi connectivity index (χ1v) is 13.5. The number of thiazole rings is 1. The Bertz CT molecular complexity index is 1150. The van der Waals surface area contributed by atoms with Crippen molar-refractivity contribution < 1.29 is 19.5 Å². The molecule has 1 aromatic heterocycles. The molecule has 1 aliphatic heterocycles. The van der Waals surface area contributed by atoms with Crippen LogP contribution in [-0.2, 0) is 9.59 Å². The second-order valence-corrected chi connectivity index (χ2v) is 12.3. The van der Waals surface area contributed by atoms with Crippen LogP contribution in [-0.4, -0.2) is 63.0 Å². The van der Waals surface area contributed by atoms with Crippen LogP contribution in [0.25, 0.3) is 11.3 Å². The summed E-state index contributed by atoms with van der Waals surface area (Å²) in [5, 5.41) is 19.2. The van der Waals surface area contributed by atoms with Crippen molar-refractivity contribution in [1.82, 2.24) is 20.5 Å². The molecule has 2 aromatic rings. The minimum absolute atomic E-state index is 0.0651. The molecule has 3 N–H and O–H groups in total. The Balaban J connectivity index is 1.42. The van der Waals surface area contributed by atoms with Gasteiger partial charge in [-0.05, 0) is 65.5 Å². The van der Waals surface area contributed by atoms with Gasteiger partial charge in [0.05, 0.1) is 11.1 Å². The summed E-state index contributed by atoms with van der Waals surface area (Å²) >= 11 is 7.16. The summed E-state index contributed by atoms with van der Waals surface area (Å²) in [6.07, 6.45) is 2.27. The predicted octanol–water partition coefficient (Wildman–Crippen LogP) is 4.19. The van der Waals surface area contributed by atoms with Crippen molar-refractivity contribution in [3.63, 3.8) is 0 Å². The molecule has 8 nitrogen and oxygen atoms in total. The fourth-order valence-corrected chi connectivity index (χ4v) is 6.24. The van der Waals surface area contributed by atoms with E-state index in [1.54, 1.807) is 29.3 Å². The van der Waals surface area contributed by atoms with E-state index >= 15 is 0 Å². The van der Waals surface area contributed by atoms with Crippen LogP contribution in [0.15, 0.2) is 29.6 Å². The summed E-state index contributed by atoms with van der Waals surface area (Å²) < 4.78 is 0. The largest absolute Gasteiger partial charge is 0.481 e. The number of amides is 2. The van der Waals surface area contributed by atoms with Crippen LogP contribution in [0.5, 0.6) is 0 Å². The summed E-state index contributed by atoms with van der Waals surface area (Å²) in [5.74, 6) is -1.53. The second-order valence-electron chi connectivity index (χ2n) is 11.0. The first kappa shape index (κ1) is 26.6. The third-order valence-electron chi connectivity index (χ3n) is 7.08. The van der Waals surface area contributed by atoms with Crippen molar-refractivity contribution in [1.29, 1.82) is 0 Å². The zero-order valence-electron chi connectivity index (χ0n) is 21.0. The van der Waals surface area contributed by atoms with Gasteiger partial charge in [-0.15, -0.1) is 11.3 Å². The number of carbonyl (C=O) groups excluding carboxylic acids is 2. The average molecular weight is 533 g/mol. The average Bonchev–Trinajstić information content (AvgIpc) is 3.41. The summed E-state index contributed by atoms with van der Waals surface area (Å²) in [6, 6.07) is 6.15. The Kier molecular flexibility index (Phi) is 7.46. The van der Waals surface area contributed by atoms with E-state index in [2.05, 4.69) is 36.4 Å². The minimum atomic E-state index is -1.07. The molecule has 4 rings (SSSR count). The molecule has 0 spiro atoms. The molecule has 3 unspecified atom stereocenters. The van der Waals surface area contributed by atoms with Gasteiger partial charge >= 0.3 is 5.97 Å². The molecule has 1 aliphatic carbocycles. The molecule has 4 atom stereocenters. The highest BCUT2D eigenvalue weighted by Gasteiger charge is 2.52. The Labute approximate surface area is 220 Å². The van der Waals surface area contributed by atoms with Gasteiger partial charge in [-0.1, -0.05) is 23.7 Å². The van der Waals surface area contributed by atoms with E-state index in [9.17, 15) is 19.5 Å². The fourth-order valence-electron chi connectivity index (χ4n) is 5.39. The third kappa shape index (κ3) is 5.58. The zero-order chi connectivity index (χ0) is 26.3. The van der Waals surface area contributed by atoms with Gasteiger partial charge in [0.2, 0.25) is 5.91 Å². The molecule has 10 heteroatoms. The van der Waals surface area contributed by atoms with Gasteiger partial charge in [0.15, 0.2) is 5.01 Å². The van der Waals surface area contributed by atoms with Gasteiger partial charge < -0.3 is 20.6 Å². The number of rotatable bonds is 6. The summed E-state index contributed by atoms with van der Waals surface area (Å²) in [5.41, 5.74) is 0.318. The maximum absolute atomic E-state index is 13.3. The van der Waals surface area contributed by atoms with Crippen molar-refractivity contribution in [2.24, 2.45) is 5.41 Å². The quantitative estimate of drug-likeness (QED) is 0.514. The van der Waals surface area contributed by atoms with Crippen LogP contribution in [0, 0.1) is 5.41 Å². The van der Waals surface area contributed by atoms with Crippen molar-refractivity contribution in [2.45, 2.75) is 77.0 Å². The lowest BCUT2D eigenvalue weighted by Gasteiger charge is -2.47. The Morgan fingerprint density at radius 1 is 1.19 bits per heavy atom. The molecule has 0 bridgehead atoms. The minimum Gasteiger partial charge on any atom is -0.481 e. The molecule has 2 heterocycles. The second kappa shape index (κ2) is 10.1. The third-order valence-corrected chi connectivity index (χ3v) is 8.17. The van der Waals surface area contributed by atoms with Gasteiger partial charge in [0.25, 0.3) is 5.91 Å². The van der Waals surface area contributed by atoms with Crippen LogP contribution >= 0.6 is 22.9 Å². The van der Waals surface area contributed by atoms with E-state index in [1.807, 2.05) is 12.1 Å². The fraction of sp³-hybridized carbons (Fsp3) is 0.538. The summed E-state index contributed by atoms with van der Waals surface area (Å²) in [6.45, 7) is 8.35. The van der Waals surface area contributed by atoms with E-state index in [-0.39, 0.29) is 22.5 Å². The van der Waals surface area contributed by atoms with E-state index in [0.29, 0.717) is 36.5 Å². The number of aromatic nitrogens is 1. The van der Waals surface area contributed by atoms with Gasteiger partial charge in [-0.2, -0.15) is 0 Å². The highest BCUT2D eigenvalue weighted by molar-refractivity contribution is 7.12. The Morgan fingerprint density at radius 2 is 1.89 bits per heavy atom. The van der Waals surface area contributed by atoms with E-state index in [4.69, 9.17) is 11.6 Å². The topological polar surface area (TPSA) is 112 Å². The zero-order valence-corrected chi connectivity index (χ0v) is 22.6. The normalized spacial score (nSPS) is 26.8. The molecule has 2 fully saturated rings. The maximum Gasteiger partial charge on any atom is 0.311 e. The standard InChI is InChI=1S/C26H33ClN4O4S/c1-25(2,3)30-17-9-10-20(26(4,13-17)24(34)35)31-12-11-18(23(31)33)28-21(32)22-29-19(14-36-22)15-5-7-16(27)8-6-15/h5-8,14,17-18,20,30H,9-13H2,1-4H3,(H,28,32)(H,34,35)/t17?,18-,20?,26?/m0/s1. The Morgan fingerprint density at radius 3 is 2.53 bits per heavy atom. The van der Waals surface area contributed by atoms with Crippen LogP contribution in [0.3, 0.4) is 0 Å². The molecule has 1 saturated heterocycles. The number of hydrogen-bond donors (Lipinski definition) is 3. The number of nitrogens with zero attached hydrogens (tertiary/aromatic N) is 2. The van der Waals surface area contributed by atoms with Gasteiger partial charge in [-0.25, -0.2) is 4.98 Å².